The topological polar surface area (TPSA) is 90.7 Å². The van der Waals surface area contributed by atoms with Gasteiger partial charge in [0.25, 0.3) is 0 Å². The first-order valence-corrected chi connectivity index (χ1v) is 6.99. The van der Waals surface area contributed by atoms with Gasteiger partial charge in [-0.3, -0.25) is 0 Å². The first-order chi connectivity index (χ1) is 10.2. The minimum atomic E-state index is -0.309. The van der Waals surface area contributed by atoms with E-state index >= 15 is 0 Å². The highest BCUT2D eigenvalue weighted by molar-refractivity contribution is 7.98. The van der Waals surface area contributed by atoms with E-state index in [4.69, 9.17) is 10.3 Å². The van der Waals surface area contributed by atoms with E-state index in [-0.39, 0.29) is 5.82 Å². The quantitative estimate of drug-likeness (QED) is 0.740. The maximum absolute atomic E-state index is 12.9. The lowest BCUT2D eigenvalue weighted by atomic mass is 10.2. The van der Waals surface area contributed by atoms with Crippen molar-refractivity contribution in [3.05, 3.63) is 48.4 Å². The van der Waals surface area contributed by atoms with E-state index in [1.165, 1.54) is 30.1 Å². The van der Waals surface area contributed by atoms with Crippen LogP contribution in [-0.4, -0.2) is 20.1 Å². The maximum Gasteiger partial charge on any atom is 0.237 e. The first-order valence-electron chi connectivity index (χ1n) is 6.00. The molecule has 0 aliphatic rings. The Morgan fingerprint density at radius 2 is 1.90 bits per heavy atom. The average Bonchev–Trinajstić information content (AvgIpc) is 2.96. The van der Waals surface area contributed by atoms with Crippen molar-refractivity contribution in [2.45, 2.75) is 10.8 Å². The largest absolute Gasteiger partial charge is 0.381 e. The third-order valence-electron chi connectivity index (χ3n) is 2.59. The molecule has 0 atom stereocenters. The molecule has 0 saturated heterocycles. The van der Waals surface area contributed by atoms with Crippen LogP contribution in [0.15, 0.2) is 46.2 Å². The molecule has 3 aromatic rings. The van der Waals surface area contributed by atoms with E-state index in [1.54, 1.807) is 18.3 Å². The molecule has 0 aliphatic carbocycles. The Bertz CT molecular complexity index is 746. The molecule has 106 valence electrons. The minimum absolute atomic E-state index is 0.309. The molecular formula is C13H10FN5OS. The van der Waals surface area contributed by atoms with Gasteiger partial charge in [0.05, 0.1) is 5.75 Å². The highest BCUT2D eigenvalue weighted by Crippen LogP contribution is 2.24. The lowest BCUT2D eigenvalue weighted by Crippen LogP contribution is -1.95. The summed E-state index contributed by atoms with van der Waals surface area (Å²) in [6.07, 6.45) is 3.09. The van der Waals surface area contributed by atoms with Gasteiger partial charge in [0, 0.05) is 18.0 Å². The summed E-state index contributed by atoms with van der Waals surface area (Å²) in [7, 11) is 0. The maximum atomic E-state index is 12.9. The molecule has 0 bridgehead atoms. The van der Waals surface area contributed by atoms with Gasteiger partial charge in [0.15, 0.2) is 5.82 Å². The number of nitrogen functional groups attached to an aromatic ring is 1. The molecular weight excluding hydrogens is 293 g/mol. The second-order valence-electron chi connectivity index (χ2n) is 4.05. The Morgan fingerprint density at radius 1 is 1.14 bits per heavy atom. The summed E-state index contributed by atoms with van der Waals surface area (Å²) in [5.74, 6) is 1.33. The van der Waals surface area contributed by atoms with E-state index in [9.17, 15) is 4.39 Å². The molecule has 0 amide bonds. The lowest BCUT2D eigenvalue weighted by Gasteiger charge is -1.99. The zero-order valence-electron chi connectivity index (χ0n) is 10.7. The number of aromatic nitrogens is 4. The van der Waals surface area contributed by atoms with Gasteiger partial charge in [-0.1, -0.05) is 16.9 Å². The molecule has 1 aromatic carbocycles. The molecule has 0 fully saturated rings. The molecule has 8 heteroatoms. The van der Waals surface area contributed by atoms with Crippen molar-refractivity contribution in [2.24, 2.45) is 0 Å². The van der Waals surface area contributed by atoms with Crippen LogP contribution >= 0.6 is 11.8 Å². The van der Waals surface area contributed by atoms with Crippen molar-refractivity contribution in [1.82, 2.24) is 20.1 Å². The standard InChI is InChI=1S/C13H10FN5OS/c14-9-3-1-8(2-4-9)12-18-10(20-19-12)7-21-13-11(15)16-5-6-17-13/h1-6H,7H2,(H2,15,16). The number of nitrogens with zero attached hydrogens (tertiary/aromatic N) is 4. The van der Waals surface area contributed by atoms with Crippen LogP contribution < -0.4 is 5.73 Å². The molecule has 2 heterocycles. The summed E-state index contributed by atoms with van der Waals surface area (Å²) in [5, 5.41) is 4.47. The fourth-order valence-electron chi connectivity index (χ4n) is 1.61. The number of anilines is 1. The van der Waals surface area contributed by atoms with Crippen LogP contribution in [0.1, 0.15) is 5.89 Å². The molecule has 3 rings (SSSR count). The Balaban J connectivity index is 1.71. The second-order valence-corrected chi connectivity index (χ2v) is 5.02. The van der Waals surface area contributed by atoms with Gasteiger partial charge >= 0.3 is 0 Å². The van der Waals surface area contributed by atoms with Gasteiger partial charge in [-0.2, -0.15) is 4.98 Å². The van der Waals surface area contributed by atoms with E-state index < -0.39 is 0 Å². The summed E-state index contributed by atoms with van der Waals surface area (Å²) < 4.78 is 18.0. The van der Waals surface area contributed by atoms with Crippen molar-refractivity contribution in [3.63, 3.8) is 0 Å². The molecule has 2 N–H and O–H groups in total. The van der Waals surface area contributed by atoms with Gasteiger partial charge in [0.1, 0.15) is 10.8 Å². The molecule has 21 heavy (non-hydrogen) atoms. The van der Waals surface area contributed by atoms with Crippen LogP contribution in [0.3, 0.4) is 0 Å². The normalized spacial score (nSPS) is 10.7. The van der Waals surface area contributed by atoms with Gasteiger partial charge in [-0.25, -0.2) is 14.4 Å². The molecule has 0 saturated carbocycles. The lowest BCUT2D eigenvalue weighted by molar-refractivity contribution is 0.391. The number of halogens is 1. The predicted molar refractivity (Wildman–Crippen MR) is 75.7 cm³/mol. The molecule has 0 unspecified atom stereocenters. The van der Waals surface area contributed by atoms with E-state index in [1.807, 2.05) is 0 Å². The zero-order chi connectivity index (χ0) is 14.7. The SMILES string of the molecule is Nc1nccnc1SCc1nc(-c2ccc(F)cc2)no1. The molecule has 2 aromatic heterocycles. The van der Waals surface area contributed by atoms with Gasteiger partial charge in [0.2, 0.25) is 11.7 Å². The predicted octanol–water partition coefficient (Wildman–Crippen LogP) is 2.54. The number of benzene rings is 1. The smallest absolute Gasteiger partial charge is 0.237 e. The average molecular weight is 303 g/mol. The Kier molecular flexibility index (Phi) is 3.78. The van der Waals surface area contributed by atoms with E-state index in [2.05, 4.69) is 20.1 Å². The monoisotopic (exact) mass is 303 g/mol. The van der Waals surface area contributed by atoms with Crippen molar-refractivity contribution in [1.29, 1.82) is 0 Å². The van der Waals surface area contributed by atoms with Gasteiger partial charge in [-0.05, 0) is 24.3 Å². The van der Waals surface area contributed by atoms with E-state index in [0.29, 0.717) is 33.9 Å². The van der Waals surface area contributed by atoms with Crippen LogP contribution in [0.25, 0.3) is 11.4 Å². The van der Waals surface area contributed by atoms with Crippen molar-refractivity contribution in [2.75, 3.05) is 5.73 Å². The fourth-order valence-corrected chi connectivity index (χ4v) is 2.32. The van der Waals surface area contributed by atoms with Crippen molar-refractivity contribution in [3.8, 4) is 11.4 Å². The molecule has 6 nitrogen and oxygen atoms in total. The number of rotatable bonds is 4. The van der Waals surface area contributed by atoms with Crippen LogP contribution in [-0.2, 0) is 5.75 Å². The number of thioether (sulfide) groups is 1. The summed E-state index contributed by atoms with van der Waals surface area (Å²) >= 11 is 1.36. The van der Waals surface area contributed by atoms with Gasteiger partial charge < -0.3 is 10.3 Å². The summed E-state index contributed by atoms with van der Waals surface area (Å²) in [5.41, 5.74) is 6.39. The minimum Gasteiger partial charge on any atom is -0.381 e. The fraction of sp³-hybridized carbons (Fsp3) is 0.0769. The third kappa shape index (κ3) is 3.16. The Morgan fingerprint density at radius 3 is 2.67 bits per heavy atom. The van der Waals surface area contributed by atoms with Crippen molar-refractivity contribution >= 4 is 17.6 Å². The summed E-state index contributed by atoms with van der Waals surface area (Å²) in [6.45, 7) is 0. The molecule has 0 aliphatic heterocycles. The second kappa shape index (κ2) is 5.88. The first kappa shape index (κ1) is 13.5. The number of nitrogens with two attached hydrogens (primary N) is 1. The van der Waals surface area contributed by atoms with Crippen LogP contribution in [0.4, 0.5) is 10.2 Å². The van der Waals surface area contributed by atoms with E-state index in [0.717, 1.165) is 0 Å². The van der Waals surface area contributed by atoms with Gasteiger partial charge in [-0.15, -0.1) is 0 Å². The molecule has 0 radical (unpaired) electrons. The zero-order valence-corrected chi connectivity index (χ0v) is 11.5. The van der Waals surface area contributed by atoms with Crippen molar-refractivity contribution < 1.29 is 8.91 Å². The van der Waals surface area contributed by atoms with Crippen LogP contribution in [0.2, 0.25) is 0 Å². The molecule has 0 spiro atoms. The Labute approximate surface area is 123 Å². The number of hydrogen-bond acceptors (Lipinski definition) is 7. The third-order valence-corrected chi connectivity index (χ3v) is 3.57. The van der Waals surface area contributed by atoms with Crippen LogP contribution in [0.5, 0.6) is 0 Å². The summed E-state index contributed by atoms with van der Waals surface area (Å²) in [6, 6.07) is 5.89. The highest BCUT2D eigenvalue weighted by Gasteiger charge is 2.10. The number of hydrogen-bond donors (Lipinski definition) is 1. The van der Waals surface area contributed by atoms with Crippen LogP contribution in [0, 0.1) is 5.82 Å². The highest BCUT2D eigenvalue weighted by atomic mass is 32.2. The Hall–Kier alpha value is -2.48. The summed E-state index contributed by atoms with van der Waals surface area (Å²) in [4.78, 5) is 12.3.